The number of amides is 1. The second kappa shape index (κ2) is 10.9. The molecular formula is C20H23NO6S2. The average Bonchev–Trinajstić information content (AvgIpc) is 3.32. The molecule has 0 aromatic carbocycles. The van der Waals surface area contributed by atoms with E-state index in [0.717, 1.165) is 10.4 Å². The van der Waals surface area contributed by atoms with E-state index in [1.807, 2.05) is 13.8 Å². The van der Waals surface area contributed by atoms with Crippen molar-refractivity contribution in [1.29, 1.82) is 0 Å². The van der Waals surface area contributed by atoms with Gasteiger partial charge in [-0.25, -0.2) is 4.79 Å². The summed E-state index contributed by atoms with van der Waals surface area (Å²) in [7, 11) is 0. The molecule has 0 radical (unpaired) electrons. The van der Waals surface area contributed by atoms with Crippen LogP contribution in [0.5, 0.6) is 0 Å². The van der Waals surface area contributed by atoms with Crippen LogP contribution in [0, 0.1) is 6.92 Å². The molecule has 1 N–H and O–H groups in total. The van der Waals surface area contributed by atoms with Crippen LogP contribution in [0.2, 0.25) is 0 Å². The first-order chi connectivity index (χ1) is 13.9. The van der Waals surface area contributed by atoms with Crippen LogP contribution in [0.3, 0.4) is 0 Å². The molecule has 0 fully saturated rings. The predicted molar refractivity (Wildman–Crippen MR) is 112 cm³/mol. The summed E-state index contributed by atoms with van der Waals surface area (Å²) in [5.41, 5.74) is 1.17. The number of ketones is 1. The van der Waals surface area contributed by atoms with Gasteiger partial charge in [-0.15, -0.1) is 22.7 Å². The minimum atomic E-state index is -0.632. The molecule has 2 aromatic rings. The topological polar surface area (TPSA) is 98.8 Å². The lowest BCUT2D eigenvalue weighted by Crippen LogP contribution is -2.22. The number of hydrogen-bond donors (Lipinski definition) is 1. The van der Waals surface area contributed by atoms with Crippen molar-refractivity contribution < 1.29 is 28.7 Å². The normalized spacial score (nSPS) is 10.4. The summed E-state index contributed by atoms with van der Waals surface area (Å²) in [4.78, 5) is 49.7. The number of rotatable bonds is 10. The molecule has 1 amide bonds. The summed E-state index contributed by atoms with van der Waals surface area (Å²) in [6, 6.07) is 3.46. The number of thiophene rings is 2. The average molecular weight is 438 g/mol. The van der Waals surface area contributed by atoms with Crippen molar-refractivity contribution in [2.24, 2.45) is 0 Å². The van der Waals surface area contributed by atoms with E-state index in [1.54, 1.807) is 24.4 Å². The number of carbonyl (C=O) groups is 4. The number of carbonyl (C=O) groups excluding carboxylic acids is 4. The van der Waals surface area contributed by atoms with Gasteiger partial charge in [-0.3, -0.25) is 14.4 Å². The standard InChI is InChI=1S/C20H23NO6S2/c1-4-13-12(3)29-19(18(13)20(25)26-5-2)21-16(23)11-27-17(24)9-8-14(22)15-7-6-10-28-15/h6-7,10H,4-5,8-9,11H2,1-3H3,(H,21,23). The van der Waals surface area contributed by atoms with Crippen molar-refractivity contribution in [2.45, 2.75) is 40.0 Å². The smallest absolute Gasteiger partial charge is 0.341 e. The van der Waals surface area contributed by atoms with Crippen molar-refractivity contribution in [2.75, 3.05) is 18.5 Å². The van der Waals surface area contributed by atoms with Crippen LogP contribution in [0.25, 0.3) is 0 Å². The fraction of sp³-hybridized carbons (Fsp3) is 0.400. The minimum absolute atomic E-state index is 0.0257. The van der Waals surface area contributed by atoms with Crippen LogP contribution in [0.1, 0.15) is 57.2 Å². The van der Waals surface area contributed by atoms with Gasteiger partial charge in [-0.2, -0.15) is 0 Å². The third-order valence-electron chi connectivity index (χ3n) is 4.01. The van der Waals surface area contributed by atoms with Gasteiger partial charge in [0.2, 0.25) is 0 Å². The second-order valence-electron chi connectivity index (χ2n) is 6.02. The highest BCUT2D eigenvalue weighted by molar-refractivity contribution is 7.16. The number of anilines is 1. The van der Waals surface area contributed by atoms with E-state index in [4.69, 9.17) is 9.47 Å². The van der Waals surface area contributed by atoms with Crippen LogP contribution in [0.4, 0.5) is 5.00 Å². The molecule has 0 atom stereocenters. The molecule has 2 rings (SSSR count). The Morgan fingerprint density at radius 2 is 1.86 bits per heavy atom. The zero-order chi connectivity index (χ0) is 21.4. The Labute approximate surface area is 177 Å². The Kier molecular flexibility index (Phi) is 8.53. The highest BCUT2D eigenvalue weighted by Crippen LogP contribution is 2.34. The molecule has 29 heavy (non-hydrogen) atoms. The molecule has 0 aliphatic carbocycles. The number of Topliss-reactive ketones (excluding diaryl/α,β-unsaturated/α-hetero) is 1. The Morgan fingerprint density at radius 3 is 2.48 bits per heavy atom. The van der Waals surface area contributed by atoms with E-state index in [9.17, 15) is 19.2 Å². The Bertz CT molecular complexity index is 885. The Morgan fingerprint density at radius 1 is 1.10 bits per heavy atom. The summed E-state index contributed by atoms with van der Waals surface area (Å²) in [5, 5.41) is 4.79. The summed E-state index contributed by atoms with van der Waals surface area (Å²) in [5.74, 6) is -1.82. The Hall–Kier alpha value is -2.52. The van der Waals surface area contributed by atoms with Gasteiger partial charge in [0.1, 0.15) is 5.00 Å². The van der Waals surface area contributed by atoms with Gasteiger partial charge < -0.3 is 14.8 Å². The van der Waals surface area contributed by atoms with Gasteiger partial charge >= 0.3 is 11.9 Å². The predicted octanol–water partition coefficient (Wildman–Crippen LogP) is 4.00. The molecule has 156 valence electrons. The monoisotopic (exact) mass is 437 g/mol. The maximum absolute atomic E-state index is 12.3. The number of esters is 2. The van der Waals surface area contributed by atoms with Crippen molar-refractivity contribution in [1.82, 2.24) is 0 Å². The van der Waals surface area contributed by atoms with E-state index < -0.39 is 24.5 Å². The van der Waals surface area contributed by atoms with Crippen LogP contribution in [-0.4, -0.2) is 36.8 Å². The van der Waals surface area contributed by atoms with Crippen LogP contribution < -0.4 is 5.32 Å². The molecular weight excluding hydrogens is 414 g/mol. The van der Waals surface area contributed by atoms with Gasteiger partial charge in [0.25, 0.3) is 5.91 Å². The number of nitrogens with one attached hydrogen (secondary N) is 1. The molecule has 9 heteroatoms. The second-order valence-corrected chi connectivity index (χ2v) is 8.20. The summed E-state index contributed by atoms with van der Waals surface area (Å²) in [6.45, 7) is 5.23. The lowest BCUT2D eigenvalue weighted by atomic mass is 10.1. The fourth-order valence-corrected chi connectivity index (χ4v) is 4.51. The van der Waals surface area contributed by atoms with Gasteiger partial charge in [-0.05, 0) is 37.3 Å². The first-order valence-electron chi connectivity index (χ1n) is 9.18. The first-order valence-corrected chi connectivity index (χ1v) is 10.9. The Balaban J connectivity index is 1.89. The van der Waals surface area contributed by atoms with Crippen LogP contribution in [0.15, 0.2) is 17.5 Å². The number of aryl methyl sites for hydroxylation is 1. The molecule has 0 bridgehead atoms. The SMILES string of the molecule is CCOC(=O)c1c(NC(=O)COC(=O)CCC(=O)c2cccs2)sc(C)c1CC. The maximum Gasteiger partial charge on any atom is 0.341 e. The molecule has 2 heterocycles. The highest BCUT2D eigenvalue weighted by atomic mass is 32.1. The number of hydrogen-bond acceptors (Lipinski definition) is 8. The van der Waals surface area contributed by atoms with Crippen LogP contribution in [-0.2, 0) is 25.5 Å². The zero-order valence-electron chi connectivity index (χ0n) is 16.5. The van der Waals surface area contributed by atoms with Crippen LogP contribution >= 0.6 is 22.7 Å². The molecule has 0 spiro atoms. The van der Waals surface area contributed by atoms with Crippen molar-refractivity contribution >= 4 is 51.3 Å². The van der Waals surface area contributed by atoms with Gasteiger partial charge in [-0.1, -0.05) is 13.0 Å². The largest absolute Gasteiger partial charge is 0.462 e. The lowest BCUT2D eigenvalue weighted by molar-refractivity contribution is -0.147. The van der Waals surface area contributed by atoms with E-state index in [2.05, 4.69) is 5.32 Å². The first kappa shape index (κ1) is 22.8. The maximum atomic E-state index is 12.3. The van der Waals surface area contributed by atoms with E-state index in [-0.39, 0.29) is 25.2 Å². The molecule has 0 saturated heterocycles. The minimum Gasteiger partial charge on any atom is -0.462 e. The van der Waals surface area contributed by atoms with E-state index in [1.165, 1.54) is 22.7 Å². The third kappa shape index (κ3) is 6.23. The summed E-state index contributed by atoms with van der Waals surface area (Å²) < 4.78 is 10.0. The molecule has 7 nitrogen and oxygen atoms in total. The van der Waals surface area contributed by atoms with Crippen molar-refractivity contribution in [3.63, 3.8) is 0 Å². The van der Waals surface area contributed by atoms with E-state index in [0.29, 0.717) is 21.9 Å². The van der Waals surface area contributed by atoms with Crippen molar-refractivity contribution in [3.05, 3.63) is 38.4 Å². The highest BCUT2D eigenvalue weighted by Gasteiger charge is 2.23. The third-order valence-corrected chi connectivity index (χ3v) is 5.99. The zero-order valence-corrected chi connectivity index (χ0v) is 18.2. The quantitative estimate of drug-likeness (QED) is 0.446. The lowest BCUT2D eigenvalue weighted by Gasteiger charge is -2.08. The summed E-state index contributed by atoms with van der Waals surface area (Å²) in [6.07, 6.45) is 0.549. The fourth-order valence-electron chi connectivity index (χ4n) is 2.67. The van der Waals surface area contributed by atoms with Gasteiger partial charge in [0.15, 0.2) is 12.4 Å². The molecule has 0 aliphatic rings. The molecule has 0 aliphatic heterocycles. The van der Waals surface area contributed by atoms with Crippen molar-refractivity contribution in [3.8, 4) is 0 Å². The molecule has 2 aromatic heterocycles. The summed E-state index contributed by atoms with van der Waals surface area (Å²) >= 11 is 2.59. The molecule has 0 unspecified atom stereocenters. The van der Waals surface area contributed by atoms with E-state index >= 15 is 0 Å². The number of ether oxygens (including phenoxy) is 2. The molecule has 0 saturated carbocycles. The van der Waals surface area contributed by atoms with Gasteiger partial charge in [0, 0.05) is 11.3 Å². The van der Waals surface area contributed by atoms with Gasteiger partial charge in [0.05, 0.1) is 23.5 Å².